The van der Waals surface area contributed by atoms with Crippen LogP contribution in [0.4, 0.5) is 0 Å². The van der Waals surface area contributed by atoms with Gasteiger partial charge in [0.05, 0.1) is 0 Å². The molecule has 0 N–H and O–H groups in total. The Morgan fingerprint density at radius 1 is 0.536 bits per heavy atom. The Kier molecular flexibility index (Phi) is 9.43. The molecule has 0 spiro atoms. The predicted molar refractivity (Wildman–Crippen MR) is 130 cm³/mol. The second kappa shape index (κ2) is 10.9. The van der Waals surface area contributed by atoms with Crippen LogP contribution < -0.4 is 0 Å². The van der Waals surface area contributed by atoms with Crippen molar-refractivity contribution < 1.29 is 0 Å². The second-order valence-corrected chi connectivity index (χ2v) is 16.1. The van der Waals surface area contributed by atoms with E-state index in [1.807, 2.05) is 0 Å². The Morgan fingerprint density at radius 3 is 1.00 bits per heavy atom. The van der Waals surface area contributed by atoms with E-state index in [9.17, 15) is 0 Å². The average molecular weight is 609 g/mol. The molecule has 0 bridgehead atoms. The van der Waals surface area contributed by atoms with Gasteiger partial charge in [0.2, 0.25) is 0 Å². The van der Waals surface area contributed by atoms with Crippen molar-refractivity contribution >= 4 is 48.2 Å². The van der Waals surface area contributed by atoms with Crippen LogP contribution in [0.15, 0.2) is 46.2 Å². The quantitative estimate of drug-likeness (QED) is 0.167. The number of rotatable bonds is 8. The predicted octanol–water partition coefficient (Wildman–Crippen LogP) is 8.52. The molecule has 3 heteroatoms. The van der Waals surface area contributed by atoms with E-state index < -0.39 is 0 Å². The van der Waals surface area contributed by atoms with E-state index in [-0.39, 0.29) is 0 Å². The van der Waals surface area contributed by atoms with E-state index in [4.69, 9.17) is 0 Å². The van der Waals surface area contributed by atoms with E-state index in [2.05, 4.69) is 115 Å². The molecule has 28 heavy (non-hydrogen) atoms. The van der Waals surface area contributed by atoms with Gasteiger partial charge in [-0.2, -0.15) is 0 Å². The molecule has 2 aromatic rings. The number of hydrogen-bond acceptors (Lipinski definition) is 2. The molecule has 2 aromatic carbocycles. The van der Waals surface area contributed by atoms with Gasteiger partial charge in [-0.25, -0.2) is 0 Å². The van der Waals surface area contributed by atoms with E-state index in [0.717, 1.165) is 0 Å². The SMILES string of the molecule is CC(C)c1cccc(C(C)C)c1S[CH]([Bi])Sc1c(C(C)C)cccc1C(C)C. The molecule has 0 saturated carbocycles. The minimum absolute atomic E-state index is 0.561. The van der Waals surface area contributed by atoms with E-state index in [1.54, 1.807) is 0 Å². The van der Waals surface area contributed by atoms with E-state index in [1.165, 1.54) is 56.8 Å². The van der Waals surface area contributed by atoms with Crippen molar-refractivity contribution in [2.24, 2.45) is 0 Å². The van der Waals surface area contributed by atoms with Crippen LogP contribution in [0.5, 0.6) is 0 Å². The zero-order valence-electron chi connectivity index (χ0n) is 18.6. The van der Waals surface area contributed by atoms with Crippen molar-refractivity contribution in [1.82, 2.24) is 0 Å². The van der Waals surface area contributed by atoms with Crippen LogP contribution in [0.1, 0.15) is 101 Å². The number of benzene rings is 2. The summed E-state index contributed by atoms with van der Waals surface area (Å²) in [5.74, 6) is 2.24. The molecule has 0 heterocycles. The fraction of sp³-hybridized carbons (Fsp3) is 0.520. The van der Waals surface area contributed by atoms with Gasteiger partial charge in [0.15, 0.2) is 0 Å². The van der Waals surface area contributed by atoms with Crippen molar-refractivity contribution in [3.63, 3.8) is 0 Å². The fourth-order valence-electron chi connectivity index (χ4n) is 3.46. The molecule has 0 atom stereocenters. The molecule has 0 aliphatic heterocycles. The molecule has 0 aliphatic carbocycles. The van der Waals surface area contributed by atoms with Crippen LogP contribution in [-0.4, -0.2) is 27.0 Å². The average Bonchev–Trinajstić information content (AvgIpc) is 2.61. The third-order valence-corrected chi connectivity index (χ3v) is 9.93. The summed E-state index contributed by atoms with van der Waals surface area (Å²) in [6.07, 6.45) is 0. The first-order valence-corrected chi connectivity index (χ1v) is 14.2. The van der Waals surface area contributed by atoms with Gasteiger partial charge in [-0.1, -0.05) is 0 Å². The van der Waals surface area contributed by atoms with Gasteiger partial charge in [0.1, 0.15) is 0 Å². The Balaban J connectivity index is 2.40. The summed E-state index contributed by atoms with van der Waals surface area (Å²) < 4.78 is 0.579. The molecule has 152 valence electrons. The molecule has 0 amide bonds. The van der Waals surface area contributed by atoms with Crippen molar-refractivity contribution in [2.45, 2.75) is 91.1 Å². The first kappa shape index (κ1) is 24.3. The Hall–Kier alpha value is 0.0231. The fourth-order valence-corrected chi connectivity index (χ4v) is 8.85. The zero-order valence-corrected chi connectivity index (χ0v) is 23.7. The summed E-state index contributed by atoms with van der Waals surface area (Å²) >= 11 is 5.61. The molecule has 0 saturated heterocycles. The van der Waals surface area contributed by atoms with Gasteiger partial charge in [-0.15, -0.1) is 0 Å². The molecular formula is C25H35BiS2. The minimum atomic E-state index is 0.561. The zero-order chi connectivity index (χ0) is 21.0. The summed E-state index contributed by atoms with van der Waals surface area (Å²) in [5.41, 5.74) is 6.03. The number of thioether (sulfide) groups is 2. The van der Waals surface area contributed by atoms with Crippen LogP contribution >= 0.6 is 23.5 Å². The summed E-state index contributed by atoms with van der Waals surface area (Å²) in [6, 6.07) is 13.8. The maximum absolute atomic E-state index is 2.33. The van der Waals surface area contributed by atoms with Crippen LogP contribution in [0.25, 0.3) is 0 Å². The monoisotopic (exact) mass is 608 g/mol. The van der Waals surface area contributed by atoms with Gasteiger partial charge < -0.3 is 0 Å². The van der Waals surface area contributed by atoms with Crippen molar-refractivity contribution in [3.8, 4) is 0 Å². The standard InChI is InChI=1S/C25H35S2.Bi/c1-16(2)20-11-9-12-21(17(3)4)24(20)26-15-27-25-22(18(5)6)13-10-14-23(25)19(7)8;/h9-19H,1-8H3;. The summed E-state index contributed by atoms with van der Waals surface area (Å²) in [6.45, 7) is 18.6. The van der Waals surface area contributed by atoms with E-state index in [0.29, 0.717) is 26.0 Å². The van der Waals surface area contributed by atoms with Gasteiger partial charge in [-0.3, -0.25) is 0 Å². The summed E-state index contributed by atoms with van der Waals surface area (Å²) in [4.78, 5) is 3.06. The van der Waals surface area contributed by atoms with Crippen molar-refractivity contribution in [1.29, 1.82) is 0 Å². The molecule has 0 unspecified atom stereocenters. The van der Waals surface area contributed by atoms with Crippen LogP contribution in [-0.2, 0) is 0 Å². The van der Waals surface area contributed by atoms with Crippen molar-refractivity contribution in [3.05, 3.63) is 58.7 Å². The Labute approximate surface area is 196 Å². The molecule has 0 aliphatic rings. The second-order valence-electron chi connectivity index (χ2n) is 8.69. The molecule has 0 nitrogen and oxygen atoms in total. The third-order valence-electron chi connectivity index (χ3n) is 5.08. The third kappa shape index (κ3) is 6.02. The molecular weight excluding hydrogens is 573 g/mol. The molecule has 2 radical (unpaired) electrons. The Bertz CT molecular complexity index is 660. The summed E-state index contributed by atoms with van der Waals surface area (Å²) in [5, 5.41) is 0. The first-order valence-electron chi connectivity index (χ1n) is 10.4. The maximum atomic E-state index is 2.33. The molecule has 0 aromatic heterocycles. The first-order chi connectivity index (χ1) is 13.1. The molecule has 2 rings (SSSR count). The normalized spacial score (nSPS) is 12.2. The number of hydrogen-bond donors (Lipinski definition) is 0. The van der Waals surface area contributed by atoms with E-state index >= 15 is 0 Å². The van der Waals surface area contributed by atoms with Crippen LogP contribution in [0.2, 0.25) is 0 Å². The Morgan fingerprint density at radius 2 is 0.786 bits per heavy atom. The van der Waals surface area contributed by atoms with Gasteiger partial charge in [0.25, 0.3) is 0 Å². The van der Waals surface area contributed by atoms with Gasteiger partial charge in [0, 0.05) is 0 Å². The summed E-state index contributed by atoms with van der Waals surface area (Å²) in [7, 11) is 0. The van der Waals surface area contributed by atoms with Crippen molar-refractivity contribution in [2.75, 3.05) is 0 Å². The van der Waals surface area contributed by atoms with Crippen LogP contribution in [0.3, 0.4) is 0 Å². The topological polar surface area (TPSA) is 0 Å². The van der Waals surface area contributed by atoms with Crippen LogP contribution in [0, 0.1) is 0 Å². The van der Waals surface area contributed by atoms with Gasteiger partial charge >= 0.3 is 198 Å². The molecule has 0 fully saturated rings. The van der Waals surface area contributed by atoms with Gasteiger partial charge in [-0.05, 0) is 0 Å².